The Kier molecular flexibility index (Phi) is 10.6. The lowest BCUT2D eigenvalue weighted by atomic mass is 10.1. The molecule has 0 aliphatic rings. The number of rotatable bonds is 4. The number of alkyl halides is 6. The molecule has 0 radical (unpaired) electrons. The normalized spacial score (nSPS) is 10.8. The Morgan fingerprint density at radius 1 is 0.950 bits per heavy atom. The van der Waals surface area contributed by atoms with Gasteiger partial charge in [0.2, 0.25) is 0 Å². The number of carboxylic acid groups (broad SMARTS) is 2. The number of aliphatic carboxylic acids is 2. The van der Waals surface area contributed by atoms with E-state index in [1.807, 2.05) is 54.6 Å². The van der Waals surface area contributed by atoms with Crippen LogP contribution in [0.1, 0.15) is 11.1 Å². The van der Waals surface area contributed by atoms with Crippen LogP contribution in [0, 0.1) is 11.3 Å². The van der Waals surface area contributed by atoms with Crippen molar-refractivity contribution >= 4 is 44.7 Å². The Morgan fingerprint density at radius 3 is 1.95 bits per heavy atom. The van der Waals surface area contributed by atoms with Gasteiger partial charge < -0.3 is 20.5 Å². The van der Waals surface area contributed by atoms with Crippen LogP contribution in [0.2, 0.25) is 0 Å². The first kappa shape index (κ1) is 31.6. The van der Waals surface area contributed by atoms with Crippen LogP contribution < -0.4 is 5.32 Å². The number of halogens is 7. The summed E-state index contributed by atoms with van der Waals surface area (Å²) in [4.78, 5) is 29.9. The van der Waals surface area contributed by atoms with E-state index in [1.54, 1.807) is 6.20 Å². The van der Waals surface area contributed by atoms with E-state index in [0.29, 0.717) is 17.8 Å². The lowest BCUT2D eigenvalue weighted by molar-refractivity contribution is -0.193. The Morgan fingerprint density at radius 2 is 1.48 bits per heavy atom. The van der Waals surface area contributed by atoms with Gasteiger partial charge in [-0.15, -0.1) is 0 Å². The molecule has 0 saturated heterocycles. The maximum absolute atomic E-state index is 10.6. The molecule has 0 aliphatic carbocycles. The largest absolute Gasteiger partial charge is 0.490 e. The molecule has 2 aromatic heterocycles. The minimum Gasteiger partial charge on any atom is -0.475 e. The maximum Gasteiger partial charge on any atom is 0.490 e. The quantitative estimate of drug-likeness (QED) is 0.196. The highest BCUT2D eigenvalue weighted by atomic mass is 79.9. The van der Waals surface area contributed by atoms with Gasteiger partial charge >= 0.3 is 24.3 Å². The predicted molar refractivity (Wildman–Crippen MR) is 133 cm³/mol. The number of benzene rings is 2. The molecule has 0 fully saturated rings. The minimum absolute atomic E-state index is 0.672. The lowest BCUT2D eigenvalue weighted by Crippen LogP contribution is -2.21. The second-order valence-corrected chi connectivity index (χ2v) is 8.37. The highest BCUT2D eigenvalue weighted by Crippen LogP contribution is 2.23. The monoisotopic (exact) mass is 631 g/mol. The van der Waals surface area contributed by atoms with Gasteiger partial charge in [-0.3, -0.25) is 0 Å². The van der Waals surface area contributed by atoms with E-state index in [2.05, 4.69) is 42.3 Å². The molecule has 0 bridgehead atoms. The van der Waals surface area contributed by atoms with Gasteiger partial charge in [0, 0.05) is 28.5 Å². The maximum atomic E-state index is 10.6. The van der Waals surface area contributed by atoms with Crippen LogP contribution >= 0.6 is 15.9 Å². The van der Waals surface area contributed by atoms with Crippen LogP contribution in [-0.4, -0.2) is 49.5 Å². The molecule has 4 rings (SSSR count). The van der Waals surface area contributed by atoms with Crippen molar-refractivity contribution in [3.8, 4) is 17.5 Å². The summed E-state index contributed by atoms with van der Waals surface area (Å²) in [6.45, 7) is 0.702. The van der Waals surface area contributed by atoms with Crippen molar-refractivity contribution < 1.29 is 46.1 Å². The number of imidazole rings is 1. The molecule has 16 heteroatoms. The summed E-state index contributed by atoms with van der Waals surface area (Å²) in [5.74, 6) is -4.72. The minimum atomic E-state index is -5.08. The standard InChI is InChI=1S/C20H14BrN5.2C2HF3O2/c21-16-9-18-20(24-12-16)26-19(25-18)15-5-7-17(8-6-15)23-11-14-3-1-13(10-22)2-4-14;2*3-2(4,5)1(6)7/h1-9,12,23H,11H2,(H,24,25,26);2*(H,6,7). The van der Waals surface area contributed by atoms with Gasteiger partial charge in [-0.05, 0) is 64.0 Å². The van der Waals surface area contributed by atoms with E-state index in [-0.39, 0.29) is 0 Å². The molecular weight excluding hydrogens is 616 g/mol. The zero-order valence-electron chi connectivity index (χ0n) is 19.7. The molecule has 210 valence electrons. The van der Waals surface area contributed by atoms with Crippen LogP contribution in [0.25, 0.3) is 22.6 Å². The second kappa shape index (κ2) is 13.4. The van der Waals surface area contributed by atoms with Gasteiger partial charge in [-0.25, -0.2) is 19.6 Å². The molecule has 40 heavy (non-hydrogen) atoms. The Hall–Kier alpha value is -4.65. The summed E-state index contributed by atoms with van der Waals surface area (Å²) >= 11 is 3.42. The highest BCUT2D eigenvalue weighted by Gasteiger charge is 2.38. The van der Waals surface area contributed by atoms with Gasteiger partial charge in [0.25, 0.3) is 0 Å². The zero-order valence-corrected chi connectivity index (χ0v) is 21.3. The van der Waals surface area contributed by atoms with E-state index >= 15 is 0 Å². The molecule has 0 aliphatic heterocycles. The average Bonchev–Trinajstić information content (AvgIpc) is 3.31. The number of anilines is 1. The fourth-order valence-electron chi connectivity index (χ4n) is 2.66. The number of hydrogen-bond acceptors (Lipinski definition) is 6. The topological polar surface area (TPSA) is 152 Å². The number of carbonyl (C=O) groups is 2. The third-order valence-corrected chi connectivity index (χ3v) is 4.96. The van der Waals surface area contributed by atoms with Crippen LogP contribution in [0.15, 0.2) is 65.3 Å². The van der Waals surface area contributed by atoms with Crippen LogP contribution in [0.3, 0.4) is 0 Å². The molecule has 0 atom stereocenters. The predicted octanol–water partition coefficient (Wildman–Crippen LogP) is 6.14. The molecule has 4 N–H and O–H groups in total. The van der Waals surface area contributed by atoms with Gasteiger partial charge in [0.1, 0.15) is 5.82 Å². The molecule has 0 unspecified atom stereocenters. The smallest absolute Gasteiger partial charge is 0.475 e. The van der Waals surface area contributed by atoms with E-state index in [0.717, 1.165) is 32.6 Å². The number of carboxylic acids is 2. The number of fused-ring (bicyclic) bond motifs is 1. The first-order valence-electron chi connectivity index (χ1n) is 10.5. The van der Waals surface area contributed by atoms with Gasteiger partial charge in [0.15, 0.2) is 5.65 Å². The second-order valence-electron chi connectivity index (χ2n) is 7.46. The highest BCUT2D eigenvalue weighted by molar-refractivity contribution is 9.10. The van der Waals surface area contributed by atoms with Crippen molar-refractivity contribution in [3.05, 3.63) is 76.4 Å². The van der Waals surface area contributed by atoms with Crippen molar-refractivity contribution in [2.75, 3.05) is 5.32 Å². The molecular formula is C24H16BrF6N5O4. The SMILES string of the molecule is N#Cc1ccc(CNc2ccc(-c3nc4ncc(Br)cc4[nH]3)cc2)cc1.O=C(O)C(F)(F)F.O=C(O)C(F)(F)F. The molecule has 0 amide bonds. The summed E-state index contributed by atoms with van der Waals surface area (Å²) in [5, 5.41) is 26.5. The van der Waals surface area contributed by atoms with Crippen molar-refractivity contribution in [2.45, 2.75) is 18.9 Å². The van der Waals surface area contributed by atoms with Gasteiger partial charge in [-0.1, -0.05) is 12.1 Å². The van der Waals surface area contributed by atoms with E-state index in [1.165, 1.54) is 0 Å². The first-order chi connectivity index (χ1) is 18.6. The van der Waals surface area contributed by atoms with Gasteiger partial charge in [0.05, 0.1) is 17.1 Å². The number of H-pyrrole nitrogens is 1. The number of hydrogen-bond donors (Lipinski definition) is 4. The molecule has 2 aromatic carbocycles. The van der Waals surface area contributed by atoms with Crippen molar-refractivity contribution in [2.24, 2.45) is 0 Å². The number of nitrogens with one attached hydrogen (secondary N) is 2. The number of aromatic amines is 1. The third kappa shape index (κ3) is 9.91. The van der Waals surface area contributed by atoms with Gasteiger partial charge in [-0.2, -0.15) is 31.6 Å². The van der Waals surface area contributed by atoms with Crippen molar-refractivity contribution in [1.29, 1.82) is 5.26 Å². The van der Waals surface area contributed by atoms with Crippen LogP contribution in [0.4, 0.5) is 32.0 Å². The summed E-state index contributed by atoms with van der Waals surface area (Å²) in [6.07, 6.45) is -8.43. The van der Waals surface area contributed by atoms with Crippen LogP contribution in [0.5, 0.6) is 0 Å². The third-order valence-electron chi connectivity index (χ3n) is 4.53. The van der Waals surface area contributed by atoms with Crippen LogP contribution in [-0.2, 0) is 16.1 Å². The number of aromatic nitrogens is 3. The first-order valence-corrected chi connectivity index (χ1v) is 11.3. The van der Waals surface area contributed by atoms with E-state index in [4.69, 9.17) is 25.1 Å². The Bertz CT molecular complexity index is 1470. The molecule has 0 spiro atoms. The van der Waals surface area contributed by atoms with Crippen molar-refractivity contribution in [3.63, 3.8) is 0 Å². The van der Waals surface area contributed by atoms with E-state index < -0.39 is 24.3 Å². The number of nitrogens with zero attached hydrogens (tertiary/aromatic N) is 3. The Balaban J connectivity index is 0.000000333. The fraction of sp³-hybridized carbons (Fsp3) is 0.125. The Labute approximate surface area is 229 Å². The number of pyridine rings is 1. The molecule has 0 saturated carbocycles. The average molecular weight is 632 g/mol. The summed E-state index contributed by atoms with van der Waals surface area (Å²) in [6, 6.07) is 19.8. The summed E-state index contributed by atoms with van der Waals surface area (Å²) < 4.78 is 64.4. The zero-order chi connectivity index (χ0) is 30.1. The molecule has 4 aromatic rings. The molecule has 2 heterocycles. The molecule has 9 nitrogen and oxygen atoms in total. The fourth-order valence-corrected chi connectivity index (χ4v) is 2.99. The van der Waals surface area contributed by atoms with Crippen molar-refractivity contribution in [1.82, 2.24) is 15.0 Å². The van der Waals surface area contributed by atoms with E-state index in [9.17, 15) is 26.3 Å². The number of nitriles is 1. The lowest BCUT2D eigenvalue weighted by Gasteiger charge is -2.07. The summed E-state index contributed by atoms with van der Waals surface area (Å²) in [5.41, 5.74) is 5.43. The summed E-state index contributed by atoms with van der Waals surface area (Å²) in [7, 11) is 0.